The van der Waals surface area contributed by atoms with Crippen LogP contribution in [0.25, 0.3) is 0 Å². The molecule has 4 nitrogen and oxygen atoms in total. The molecule has 4 rings (SSSR count). The molecule has 2 heterocycles. The first-order valence-electron chi connectivity index (χ1n) is 9.58. The third-order valence-electron chi connectivity index (χ3n) is 5.59. The molecule has 2 aromatic rings. The molecule has 1 amide bonds. The van der Waals surface area contributed by atoms with Gasteiger partial charge in [-0.3, -0.25) is 14.6 Å². The number of nitrogens with zero attached hydrogens (tertiary/aromatic N) is 3. The van der Waals surface area contributed by atoms with E-state index in [1.54, 1.807) is 0 Å². The maximum atomic E-state index is 12.4. The molecule has 0 radical (unpaired) electrons. The Bertz CT molecular complexity index is 777. The van der Waals surface area contributed by atoms with Crippen LogP contribution in [-0.4, -0.2) is 55.0 Å². The number of carbonyl (C=O) groups is 1. The number of amides is 1. The molecule has 2 aliphatic rings. The van der Waals surface area contributed by atoms with Crippen LogP contribution in [0.4, 0.5) is 5.69 Å². The van der Waals surface area contributed by atoms with E-state index in [2.05, 4.69) is 65.3 Å². The van der Waals surface area contributed by atoms with Crippen LogP contribution < -0.4 is 4.90 Å². The molecular formula is C22H29Cl2N3O. The summed E-state index contributed by atoms with van der Waals surface area (Å²) in [7, 11) is 0. The van der Waals surface area contributed by atoms with Crippen LogP contribution in [0.2, 0.25) is 0 Å². The fourth-order valence-corrected chi connectivity index (χ4v) is 4.12. The van der Waals surface area contributed by atoms with Crippen molar-refractivity contribution in [3.63, 3.8) is 0 Å². The fourth-order valence-electron chi connectivity index (χ4n) is 4.12. The smallest absolute Gasteiger partial charge is 0.231 e. The van der Waals surface area contributed by atoms with Gasteiger partial charge in [-0.1, -0.05) is 48.5 Å². The Morgan fingerprint density at radius 2 is 1.50 bits per heavy atom. The van der Waals surface area contributed by atoms with Crippen molar-refractivity contribution in [2.24, 2.45) is 0 Å². The molecule has 6 heteroatoms. The van der Waals surface area contributed by atoms with Gasteiger partial charge in [0.1, 0.15) is 0 Å². The molecule has 0 aromatic heterocycles. The molecular weight excluding hydrogens is 393 g/mol. The van der Waals surface area contributed by atoms with Gasteiger partial charge in [-0.25, -0.2) is 0 Å². The lowest BCUT2D eigenvalue weighted by Gasteiger charge is -2.35. The first kappa shape index (κ1) is 22.7. The summed E-state index contributed by atoms with van der Waals surface area (Å²) in [6.45, 7) is 9.24. The van der Waals surface area contributed by atoms with Crippen molar-refractivity contribution in [3.8, 4) is 0 Å². The Morgan fingerprint density at radius 3 is 2.21 bits per heavy atom. The van der Waals surface area contributed by atoms with E-state index in [1.165, 1.54) is 16.7 Å². The third kappa shape index (κ3) is 5.06. The molecule has 2 aliphatic heterocycles. The van der Waals surface area contributed by atoms with E-state index in [4.69, 9.17) is 0 Å². The molecule has 28 heavy (non-hydrogen) atoms. The van der Waals surface area contributed by atoms with Crippen LogP contribution in [0.3, 0.4) is 0 Å². The Morgan fingerprint density at radius 1 is 0.821 bits per heavy atom. The Balaban J connectivity index is 0.00000140. The van der Waals surface area contributed by atoms with E-state index in [0.717, 1.165) is 51.5 Å². The van der Waals surface area contributed by atoms with Gasteiger partial charge in [-0.15, -0.1) is 24.8 Å². The molecule has 0 spiro atoms. The van der Waals surface area contributed by atoms with Crippen LogP contribution in [0, 0.1) is 6.92 Å². The van der Waals surface area contributed by atoms with Crippen LogP contribution in [0.15, 0.2) is 48.5 Å². The van der Waals surface area contributed by atoms with Gasteiger partial charge in [-0.05, 0) is 23.6 Å². The number of carbonyl (C=O) groups excluding carboxylic acids is 1. The molecule has 0 atom stereocenters. The molecule has 0 N–H and O–H groups in total. The van der Waals surface area contributed by atoms with E-state index in [0.29, 0.717) is 6.42 Å². The first-order valence-corrected chi connectivity index (χ1v) is 9.58. The predicted molar refractivity (Wildman–Crippen MR) is 120 cm³/mol. The lowest BCUT2D eigenvalue weighted by Crippen LogP contribution is -2.48. The number of halogens is 2. The third-order valence-corrected chi connectivity index (χ3v) is 5.59. The van der Waals surface area contributed by atoms with E-state index in [9.17, 15) is 4.79 Å². The summed E-state index contributed by atoms with van der Waals surface area (Å²) in [4.78, 5) is 19.4. The number of fused-ring (bicyclic) bond motifs is 1. The highest BCUT2D eigenvalue weighted by molar-refractivity contribution is 6.02. The highest BCUT2D eigenvalue weighted by Crippen LogP contribution is 2.31. The number of hydrogen-bond acceptors (Lipinski definition) is 3. The van der Waals surface area contributed by atoms with Gasteiger partial charge in [0.15, 0.2) is 0 Å². The lowest BCUT2D eigenvalue weighted by molar-refractivity contribution is -0.117. The zero-order valence-corrected chi connectivity index (χ0v) is 18.0. The van der Waals surface area contributed by atoms with Crippen molar-refractivity contribution in [2.75, 3.05) is 44.2 Å². The highest BCUT2D eigenvalue weighted by Gasteiger charge is 2.29. The maximum Gasteiger partial charge on any atom is 0.231 e. The first-order chi connectivity index (χ1) is 12.7. The van der Waals surface area contributed by atoms with Crippen LogP contribution in [-0.2, 0) is 17.8 Å². The number of hydrogen-bond donors (Lipinski definition) is 0. The molecule has 0 saturated carbocycles. The fraction of sp³-hybridized carbons (Fsp3) is 0.409. The van der Waals surface area contributed by atoms with Crippen LogP contribution in [0.1, 0.15) is 16.7 Å². The van der Waals surface area contributed by atoms with Gasteiger partial charge < -0.3 is 4.90 Å². The second-order valence-corrected chi connectivity index (χ2v) is 7.41. The standard InChI is InChI=1S/C22H27N3O.2ClH/c1-18-6-5-9-20-16-21(26)25(22(18)20)15-14-23-10-12-24(13-11-23)17-19-7-3-2-4-8-19;;/h2-9H,10-17H2,1H3;2*1H. The number of benzene rings is 2. The molecule has 1 saturated heterocycles. The topological polar surface area (TPSA) is 26.8 Å². The van der Waals surface area contributed by atoms with Gasteiger partial charge in [-0.2, -0.15) is 0 Å². The number of piperazine rings is 1. The second-order valence-electron chi connectivity index (χ2n) is 7.41. The van der Waals surface area contributed by atoms with Crippen LogP contribution >= 0.6 is 24.8 Å². The van der Waals surface area contributed by atoms with E-state index >= 15 is 0 Å². The van der Waals surface area contributed by atoms with Gasteiger partial charge >= 0.3 is 0 Å². The molecule has 152 valence electrons. The summed E-state index contributed by atoms with van der Waals surface area (Å²) < 4.78 is 0. The van der Waals surface area contributed by atoms with Crippen molar-refractivity contribution >= 4 is 36.4 Å². The van der Waals surface area contributed by atoms with Gasteiger partial charge in [0, 0.05) is 45.8 Å². The minimum Gasteiger partial charge on any atom is -0.310 e. The summed E-state index contributed by atoms with van der Waals surface area (Å²) in [6, 6.07) is 16.9. The van der Waals surface area contributed by atoms with E-state index in [-0.39, 0.29) is 30.7 Å². The predicted octanol–water partition coefficient (Wildman–Crippen LogP) is 3.55. The minimum absolute atomic E-state index is 0. The quantitative estimate of drug-likeness (QED) is 0.738. The van der Waals surface area contributed by atoms with Gasteiger partial charge in [0.25, 0.3) is 0 Å². The summed E-state index contributed by atoms with van der Waals surface area (Å²) in [5.41, 5.74) is 4.93. The van der Waals surface area contributed by atoms with Gasteiger partial charge in [0.2, 0.25) is 5.91 Å². The molecule has 1 fully saturated rings. The monoisotopic (exact) mass is 421 g/mol. The normalized spacial score (nSPS) is 17.0. The molecule has 2 aromatic carbocycles. The molecule has 0 bridgehead atoms. The second kappa shape index (κ2) is 10.3. The average Bonchev–Trinajstić information content (AvgIpc) is 2.98. The maximum absolute atomic E-state index is 12.4. The zero-order valence-electron chi connectivity index (χ0n) is 16.3. The van der Waals surface area contributed by atoms with Crippen molar-refractivity contribution in [1.82, 2.24) is 9.80 Å². The summed E-state index contributed by atoms with van der Waals surface area (Å²) in [5.74, 6) is 0.247. The van der Waals surface area contributed by atoms with Crippen molar-refractivity contribution in [2.45, 2.75) is 19.9 Å². The van der Waals surface area contributed by atoms with Gasteiger partial charge in [0.05, 0.1) is 12.1 Å². The zero-order chi connectivity index (χ0) is 17.9. The number of para-hydroxylation sites is 1. The number of rotatable bonds is 5. The Labute approximate surface area is 180 Å². The number of anilines is 1. The van der Waals surface area contributed by atoms with Crippen molar-refractivity contribution in [1.29, 1.82) is 0 Å². The summed E-state index contributed by atoms with van der Waals surface area (Å²) >= 11 is 0. The summed E-state index contributed by atoms with van der Waals surface area (Å²) in [6.07, 6.45) is 0.557. The minimum atomic E-state index is 0. The molecule has 0 unspecified atom stereocenters. The van der Waals surface area contributed by atoms with Crippen molar-refractivity contribution in [3.05, 3.63) is 65.2 Å². The van der Waals surface area contributed by atoms with E-state index in [1.807, 2.05) is 4.90 Å². The highest BCUT2D eigenvalue weighted by atomic mass is 35.5. The average molecular weight is 422 g/mol. The lowest BCUT2D eigenvalue weighted by atomic mass is 10.1. The summed E-state index contributed by atoms with van der Waals surface area (Å²) in [5, 5.41) is 0. The molecule has 0 aliphatic carbocycles. The largest absolute Gasteiger partial charge is 0.310 e. The number of aryl methyl sites for hydroxylation is 1. The Hall–Kier alpha value is -1.59. The van der Waals surface area contributed by atoms with E-state index < -0.39 is 0 Å². The van der Waals surface area contributed by atoms with Crippen LogP contribution in [0.5, 0.6) is 0 Å². The SMILES string of the molecule is Cc1cccc2c1N(CCN1CCN(Cc3ccccc3)CC1)C(=O)C2.Cl.Cl. The Kier molecular flexibility index (Phi) is 8.32. The van der Waals surface area contributed by atoms with Crippen molar-refractivity contribution < 1.29 is 4.79 Å².